The average Bonchev–Trinajstić information content (AvgIpc) is 2.65. The SMILES string of the molecule is C/C=C/CCNCc1cccn1CC. The number of rotatable bonds is 6. The first-order valence-corrected chi connectivity index (χ1v) is 5.34. The van der Waals surface area contributed by atoms with Crippen LogP contribution in [0, 0.1) is 0 Å². The van der Waals surface area contributed by atoms with E-state index in [1.807, 2.05) is 0 Å². The first-order valence-electron chi connectivity index (χ1n) is 5.34. The van der Waals surface area contributed by atoms with E-state index in [1.54, 1.807) is 0 Å². The van der Waals surface area contributed by atoms with E-state index in [4.69, 9.17) is 0 Å². The number of hydrogen-bond acceptors (Lipinski definition) is 1. The lowest BCUT2D eigenvalue weighted by molar-refractivity contribution is 0.632. The fraction of sp³-hybridized carbons (Fsp3) is 0.500. The smallest absolute Gasteiger partial charge is 0.0359 e. The second-order valence-electron chi connectivity index (χ2n) is 3.32. The van der Waals surface area contributed by atoms with E-state index in [2.05, 4.69) is 54.2 Å². The van der Waals surface area contributed by atoms with Crippen molar-refractivity contribution in [3.05, 3.63) is 36.2 Å². The molecule has 0 unspecified atom stereocenters. The Labute approximate surface area is 86.6 Å². The molecule has 0 aliphatic heterocycles. The highest BCUT2D eigenvalue weighted by molar-refractivity contribution is 5.06. The van der Waals surface area contributed by atoms with E-state index in [1.165, 1.54) is 5.69 Å². The van der Waals surface area contributed by atoms with Crippen LogP contribution in [0.2, 0.25) is 0 Å². The van der Waals surface area contributed by atoms with Gasteiger partial charge in [-0.2, -0.15) is 0 Å². The van der Waals surface area contributed by atoms with Crippen LogP contribution in [0.4, 0.5) is 0 Å². The quantitative estimate of drug-likeness (QED) is 0.541. The van der Waals surface area contributed by atoms with Gasteiger partial charge in [0, 0.05) is 25.0 Å². The van der Waals surface area contributed by atoms with Gasteiger partial charge in [0.15, 0.2) is 0 Å². The molecule has 0 aliphatic carbocycles. The number of aromatic nitrogens is 1. The normalized spacial score (nSPS) is 11.3. The van der Waals surface area contributed by atoms with Gasteiger partial charge in [0.05, 0.1) is 0 Å². The lowest BCUT2D eigenvalue weighted by Crippen LogP contribution is -2.16. The Bertz CT molecular complexity index is 274. The van der Waals surface area contributed by atoms with Gasteiger partial charge >= 0.3 is 0 Å². The zero-order valence-electron chi connectivity index (χ0n) is 9.16. The molecule has 0 saturated heterocycles. The number of hydrogen-bond donors (Lipinski definition) is 1. The van der Waals surface area contributed by atoms with Gasteiger partial charge in [0.25, 0.3) is 0 Å². The van der Waals surface area contributed by atoms with E-state index in [0.29, 0.717) is 0 Å². The van der Waals surface area contributed by atoms with Crippen LogP contribution >= 0.6 is 0 Å². The summed E-state index contributed by atoms with van der Waals surface area (Å²) >= 11 is 0. The summed E-state index contributed by atoms with van der Waals surface area (Å²) in [5.74, 6) is 0. The van der Waals surface area contributed by atoms with Crippen molar-refractivity contribution in [2.45, 2.75) is 33.4 Å². The third kappa shape index (κ3) is 3.38. The van der Waals surface area contributed by atoms with Crippen LogP contribution in [0.25, 0.3) is 0 Å². The third-order valence-corrected chi connectivity index (χ3v) is 2.29. The number of allylic oxidation sites excluding steroid dienone is 1. The summed E-state index contributed by atoms with van der Waals surface area (Å²) in [6, 6.07) is 4.28. The minimum Gasteiger partial charge on any atom is -0.351 e. The van der Waals surface area contributed by atoms with Gasteiger partial charge in [-0.25, -0.2) is 0 Å². The standard InChI is InChI=1S/C12H20N2/c1-3-5-6-9-13-11-12-8-7-10-14(12)4-2/h3,5,7-8,10,13H,4,6,9,11H2,1-2H3/b5-3+. The molecule has 14 heavy (non-hydrogen) atoms. The zero-order valence-corrected chi connectivity index (χ0v) is 9.16. The lowest BCUT2D eigenvalue weighted by atomic mass is 10.3. The summed E-state index contributed by atoms with van der Waals surface area (Å²) in [4.78, 5) is 0. The minimum absolute atomic E-state index is 0.971. The van der Waals surface area contributed by atoms with Crippen LogP contribution in [0.3, 0.4) is 0 Å². The zero-order chi connectivity index (χ0) is 10.2. The minimum atomic E-state index is 0.971. The van der Waals surface area contributed by atoms with Gasteiger partial charge in [-0.15, -0.1) is 0 Å². The number of aryl methyl sites for hydroxylation is 1. The van der Waals surface area contributed by atoms with Crippen molar-refractivity contribution in [3.8, 4) is 0 Å². The van der Waals surface area contributed by atoms with E-state index in [-0.39, 0.29) is 0 Å². The summed E-state index contributed by atoms with van der Waals surface area (Å²) in [7, 11) is 0. The third-order valence-electron chi connectivity index (χ3n) is 2.29. The maximum absolute atomic E-state index is 3.43. The molecule has 1 aromatic rings. The van der Waals surface area contributed by atoms with Crippen molar-refractivity contribution < 1.29 is 0 Å². The molecule has 2 nitrogen and oxygen atoms in total. The van der Waals surface area contributed by atoms with E-state index in [9.17, 15) is 0 Å². The topological polar surface area (TPSA) is 17.0 Å². The van der Waals surface area contributed by atoms with Gasteiger partial charge in [-0.3, -0.25) is 0 Å². The maximum Gasteiger partial charge on any atom is 0.0359 e. The monoisotopic (exact) mass is 192 g/mol. The summed E-state index contributed by atoms with van der Waals surface area (Å²) in [5.41, 5.74) is 1.37. The van der Waals surface area contributed by atoms with Crippen molar-refractivity contribution in [1.82, 2.24) is 9.88 Å². The van der Waals surface area contributed by atoms with Crippen molar-refractivity contribution in [2.75, 3.05) is 6.54 Å². The van der Waals surface area contributed by atoms with Gasteiger partial charge in [0.2, 0.25) is 0 Å². The summed E-state index contributed by atoms with van der Waals surface area (Å²) in [6.45, 7) is 7.31. The molecule has 1 aromatic heterocycles. The molecule has 0 aromatic carbocycles. The largest absolute Gasteiger partial charge is 0.351 e. The Morgan fingerprint density at radius 3 is 3.07 bits per heavy atom. The molecule has 78 valence electrons. The van der Waals surface area contributed by atoms with Gasteiger partial charge in [-0.05, 0) is 38.9 Å². The highest BCUT2D eigenvalue weighted by Crippen LogP contribution is 2.01. The molecule has 1 N–H and O–H groups in total. The fourth-order valence-electron chi connectivity index (χ4n) is 1.49. The van der Waals surface area contributed by atoms with Crippen molar-refractivity contribution in [2.24, 2.45) is 0 Å². The van der Waals surface area contributed by atoms with Crippen molar-refractivity contribution >= 4 is 0 Å². The molecule has 0 bridgehead atoms. The summed E-state index contributed by atoms with van der Waals surface area (Å²) in [6.07, 6.45) is 7.52. The Morgan fingerprint density at radius 2 is 2.36 bits per heavy atom. The van der Waals surface area contributed by atoms with Crippen LogP contribution in [-0.2, 0) is 13.1 Å². The molecule has 1 heterocycles. The van der Waals surface area contributed by atoms with Gasteiger partial charge < -0.3 is 9.88 Å². The Balaban J connectivity index is 2.24. The molecule has 0 atom stereocenters. The molecule has 2 heteroatoms. The van der Waals surface area contributed by atoms with E-state index >= 15 is 0 Å². The molecule has 0 aliphatic rings. The molecule has 0 fully saturated rings. The molecular formula is C12H20N2. The van der Waals surface area contributed by atoms with Crippen LogP contribution in [-0.4, -0.2) is 11.1 Å². The Kier molecular flexibility index (Phi) is 5.08. The summed E-state index contributed by atoms with van der Waals surface area (Å²) < 4.78 is 2.27. The molecule has 1 rings (SSSR count). The van der Waals surface area contributed by atoms with Crippen LogP contribution in [0.15, 0.2) is 30.5 Å². The first-order chi connectivity index (χ1) is 6.88. The molecule has 0 saturated carbocycles. The number of nitrogens with zero attached hydrogens (tertiary/aromatic N) is 1. The maximum atomic E-state index is 3.43. The van der Waals surface area contributed by atoms with Crippen molar-refractivity contribution in [3.63, 3.8) is 0 Å². The van der Waals surface area contributed by atoms with Crippen LogP contribution < -0.4 is 5.32 Å². The second-order valence-corrected chi connectivity index (χ2v) is 3.32. The number of nitrogens with one attached hydrogen (secondary N) is 1. The van der Waals surface area contributed by atoms with Gasteiger partial charge in [0.1, 0.15) is 0 Å². The van der Waals surface area contributed by atoms with Crippen LogP contribution in [0.1, 0.15) is 26.0 Å². The fourth-order valence-corrected chi connectivity index (χ4v) is 1.49. The summed E-state index contributed by atoms with van der Waals surface area (Å²) in [5, 5.41) is 3.43. The molecule has 0 radical (unpaired) electrons. The second kappa shape index (κ2) is 6.44. The molecule has 0 amide bonds. The average molecular weight is 192 g/mol. The molecular weight excluding hydrogens is 172 g/mol. The lowest BCUT2D eigenvalue weighted by Gasteiger charge is -2.06. The molecule has 0 spiro atoms. The van der Waals surface area contributed by atoms with E-state index < -0.39 is 0 Å². The highest BCUT2D eigenvalue weighted by atomic mass is 15.0. The van der Waals surface area contributed by atoms with Gasteiger partial charge in [-0.1, -0.05) is 12.2 Å². The first kappa shape index (κ1) is 11.1. The highest BCUT2D eigenvalue weighted by Gasteiger charge is 1.96. The Hall–Kier alpha value is -1.02. The van der Waals surface area contributed by atoms with Crippen LogP contribution in [0.5, 0.6) is 0 Å². The predicted molar refractivity (Wildman–Crippen MR) is 61.2 cm³/mol. The van der Waals surface area contributed by atoms with Crippen molar-refractivity contribution in [1.29, 1.82) is 0 Å². The Morgan fingerprint density at radius 1 is 1.50 bits per heavy atom. The van der Waals surface area contributed by atoms with E-state index in [0.717, 1.165) is 26.1 Å². The predicted octanol–water partition coefficient (Wildman–Crippen LogP) is 2.56.